The number of aromatic amines is 2. The Balaban J connectivity index is 2.30. The smallest absolute Gasteiger partial charge is 0.344 e. The molecule has 0 fully saturated rings. The topological polar surface area (TPSA) is 108 Å². The van der Waals surface area contributed by atoms with E-state index in [1.165, 1.54) is 6.08 Å². The first-order chi connectivity index (χ1) is 7.09. The van der Waals surface area contributed by atoms with E-state index in [9.17, 15) is 14.4 Å². The summed E-state index contributed by atoms with van der Waals surface area (Å²) < 4.78 is 0.972. The molecule has 0 radical (unpaired) electrons. The third-order valence-corrected chi connectivity index (χ3v) is 2.42. The van der Waals surface area contributed by atoms with E-state index in [0.29, 0.717) is 0 Å². The highest BCUT2D eigenvalue weighted by molar-refractivity contribution is 5.72. The molecule has 0 saturated carbocycles. The third kappa shape index (κ3) is 1.51. The van der Waals surface area contributed by atoms with Crippen molar-refractivity contribution >= 4 is 5.97 Å². The van der Waals surface area contributed by atoms with Gasteiger partial charge in [-0.1, -0.05) is 12.2 Å². The Bertz CT molecular complexity index is 493. The lowest BCUT2D eigenvalue weighted by Crippen LogP contribution is -2.30. The third-order valence-electron chi connectivity index (χ3n) is 2.42. The second-order valence-corrected chi connectivity index (χ2v) is 3.36. The molecule has 1 aliphatic carbocycles. The van der Waals surface area contributed by atoms with E-state index in [1.54, 1.807) is 6.08 Å². The summed E-state index contributed by atoms with van der Waals surface area (Å²) in [6, 6.07) is -0.478. The summed E-state index contributed by atoms with van der Waals surface area (Å²) in [5.74, 6) is -1.58. The first-order valence-electron chi connectivity index (χ1n) is 4.40. The van der Waals surface area contributed by atoms with Crippen LogP contribution < -0.4 is 11.4 Å². The molecule has 0 saturated heterocycles. The maximum atomic E-state index is 11.2. The van der Waals surface area contributed by atoms with Crippen LogP contribution in [-0.4, -0.2) is 25.8 Å². The molecule has 7 heteroatoms. The fraction of sp³-hybridized carbons (Fsp3) is 0.375. The largest absolute Gasteiger partial charge is 0.481 e. The zero-order chi connectivity index (χ0) is 11.0. The van der Waals surface area contributed by atoms with Crippen LogP contribution in [0.1, 0.15) is 12.5 Å². The molecule has 2 atom stereocenters. The minimum absolute atomic E-state index is 0.232. The summed E-state index contributed by atoms with van der Waals surface area (Å²) in [4.78, 5) is 33.1. The van der Waals surface area contributed by atoms with Gasteiger partial charge in [-0.05, 0) is 6.42 Å². The van der Waals surface area contributed by atoms with Crippen molar-refractivity contribution in [3.05, 3.63) is 33.1 Å². The lowest BCUT2D eigenvalue weighted by molar-refractivity contribution is -0.140. The number of carboxylic acids is 1. The molecular formula is C8H9N3O4. The highest BCUT2D eigenvalue weighted by Gasteiger charge is 2.27. The van der Waals surface area contributed by atoms with Crippen molar-refractivity contribution in [3.8, 4) is 0 Å². The lowest BCUT2D eigenvalue weighted by Gasteiger charge is -2.07. The first-order valence-corrected chi connectivity index (χ1v) is 4.40. The van der Waals surface area contributed by atoms with Crippen LogP contribution in [0, 0.1) is 5.92 Å². The van der Waals surface area contributed by atoms with Crippen molar-refractivity contribution in [1.29, 1.82) is 0 Å². The van der Waals surface area contributed by atoms with Crippen LogP contribution in [0.4, 0.5) is 0 Å². The molecule has 1 aliphatic rings. The molecule has 1 aromatic heterocycles. The predicted octanol–water partition coefficient (Wildman–Crippen LogP) is -0.933. The number of nitrogens with zero attached hydrogens (tertiary/aromatic N) is 1. The van der Waals surface area contributed by atoms with E-state index in [4.69, 9.17) is 5.11 Å². The number of rotatable bonds is 2. The fourth-order valence-corrected chi connectivity index (χ4v) is 1.68. The highest BCUT2D eigenvalue weighted by Crippen LogP contribution is 2.25. The van der Waals surface area contributed by atoms with Crippen LogP contribution in [0.25, 0.3) is 0 Å². The van der Waals surface area contributed by atoms with E-state index >= 15 is 0 Å². The monoisotopic (exact) mass is 211 g/mol. The zero-order valence-corrected chi connectivity index (χ0v) is 7.64. The molecule has 1 heterocycles. The van der Waals surface area contributed by atoms with Gasteiger partial charge in [-0.25, -0.2) is 24.4 Å². The van der Waals surface area contributed by atoms with Gasteiger partial charge in [-0.3, -0.25) is 4.79 Å². The number of nitrogens with one attached hydrogen (secondary N) is 2. The molecule has 7 nitrogen and oxygen atoms in total. The van der Waals surface area contributed by atoms with Crippen molar-refractivity contribution in [2.75, 3.05) is 0 Å². The van der Waals surface area contributed by atoms with Crippen molar-refractivity contribution < 1.29 is 9.90 Å². The number of carbonyl (C=O) groups is 1. The number of hydrogen-bond acceptors (Lipinski definition) is 3. The number of allylic oxidation sites excluding steroid dienone is 1. The number of aliphatic carboxylic acids is 1. The Labute approximate surface area is 83.0 Å². The highest BCUT2D eigenvalue weighted by atomic mass is 16.4. The van der Waals surface area contributed by atoms with Crippen LogP contribution in [-0.2, 0) is 4.79 Å². The molecule has 3 N–H and O–H groups in total. The molecule has 15 heavy (non-hydrogen) atoms. The van der Waals surface area contributed by atoms with Gasteiger partial charge in [-0.2, -0.15) is 0 Å². The van der Waals surface area contributed by atoms with Crippen LogP contribution in [0.5, 0.6) is 0 Å². The predicted molar refractivity (Wildman–Crippen MR) is 49.6 cm³/mol. The minimum atomic E-state index is -0.950. The molecule has 2 unspecified atom stereocenters. The Morgan fingerprint density at radius 3 is 2.40 bits per heavy atom. The Morgan fingerprint density at radius 2 is 1.93 bits per heavy atom. The Hall–Kier alpha value is -2.05. The van der Waals surface area contributed by atoms with Crippen molar-refractivity contribution in [2.45, 2.75) is 12.5 Å². The molecule has 1 aromatic rings. The second kappa shape index (κ2) is 3.26. The number of H-pyrrole nitrogens is 2. The maximum absolute atomic E-state index is 11.2. The SMILES string of the molecule is O=C(O)C1C=CC(n2c(=O)[nH][nH]c2=O)C1. The van der Waals surface area contributed by atoms with Gasteiger partial charge in [-0.15, -0.1) is 0 Å². The van der Waals surface area contributed by atoms with Crippen LogP contribution >= 0.6 is 0 Å². The summed E-state index contributed by atoms with van der Waals surface area (Å²) in [5.41, 5.74) is -1.11. The van der Waals surface area contributed by atoms with Gasteiger partial charge in [0.1, 0.15) is 0 Å². The molecule has 0 bridgehead atoms. The van der Waals surface area contributed by atoms with Crippen LogP contribution in [0.15, 0.2) is 21.7 Å². The first kappa shape index (κ1) is 9.50. The molecule has 0 spiro atoms. The van der Waals surface area contributed by atoms with E-state index < -0.39 is 29.3 Å². The van der Waals surface area contributed by atoms with E-state index in [0.717, 1.165) is 4.57 Å². The number of aromatic nitrogens is 3. The quantitative estimate of drug-likeness (QED) is 0.549. The van der Waals surface area contributed by atoms with Gasteiger partial charge in [0.15, 0.2) is 0 Å². The number of hydrogen-bond donors (Lipinski definition) is 3. The summed E-state index contributed by atoms with van der Waals surface area (Å²) >= 11 is 0. The number of carboxylic acid groups (broad SMARTS) is 1. The molecule has 0 amide bonds. The molecule has 2 rings (SSSR count). The van der Waals surface area contributed by atoms with Gasteiger partial charge in [0.25, 0.3) is 0 Å². The Kier molecular flexibility index (Phi) is 2.07. The van der Waals surface area contributed by atoms with E-state index in [-0.39, 0.29) is 6.42 Å². The molecule has 0 aromatic carbocycles. The van der Waals surface area contributed by atoms with Crippen molar-refractivity contribution in [1.82, 2.24) is 14.8 Å². The second-order valence-electron chi connectivity index (χ2n) is 3.36. The summed E-state index contributed by atoms with van der Waals surface area (Å²) in [6.07, 6.45) is 3.28. The van der Waals surface area contributed by atoms with Crippen molar-refractivity contribution in [2.24, 2.45) is 5.92 Å². The average molecular weight is 211 g/mol. The lowest BCUT2D eigenvalue weighted by atomic mass is 10.1. The maximum Gasteiger partial charge on any atom is 0.344 e. The zero-order valence-electron chi connectivity index (χ0n) is 7.64. The summed E-state index contributed by atoms with van der Waals surface area (Å²) in [6.45, 7) is 0. The Morgan fingerprint density at radius 1 is 1.33 bits per heavy atom. The summed E-state index contributed by atoms with van der Waals surface area (Å²) in [5, 5.41) is 13.0. The van der Waals surface area contributed by atoms with Crippen LogP contribution in [0.2, 0.25) is 0 Å². The molecular weight excluding hydrogens is 202 g/mol. The van der Waals surface area contributed by atoms with Gasteiger partial charge in [0.05, 0.1) is 12.0 Å². The van der Waals surface area contributed by atoms with E-state index in [1.807, 2.05) is 0 Å². The molecule has 80 valence electrons. The van der Waals surface area contributed by atoms with Gasteiger partial charge in [0, 0.05) is 0 Å². The van der Waals surface area contributed by atoms with E-state index in [2.05, 4.69) is 10.2 Å². The standard InChI is InChI=1S/C8H9N3O4/c12-6(13)4-1-2-5(3-4)11-7(14)9-10-8(11)15/h1-2,4-5H,3H2,(H,9,14)(H,10,15)(H,12,13). The minimum Gasteiger partial charge on any atom is -0.481 e. The normalized spacial score (nSPS) is 24.5. The van der Waals surface area contributed by atoms with Gasteiger partial charge < -0.3 is 5.11 Å². The van der Waals surface area contributed by atoms with Gasteiger partial charge >= 0.3 is 17.3 Å². The average Bonchev–Trinajstić information content (AvgIpc) is 2.73. The molecule has 0 aliphatic heterocycles. The summed E-state index contributed by atoms with van der Waals surface area (Å²) in [7, 11) is 0. The fourth-order valence-electron chi connectivity index (χ4n) is 1.68. The van der Waals surface area contributed by atoms with Crippen molar-refractivity contribution in [3.63, 3.8) is 0 Å². The van der Waals surface area contributed by atoms with Crippen LogP contribution in [0.3, 0.4) is 0 Å². The van der Waals surface area contributed by atoms with Gasteiger partial charge in [0.2, 0.25) is 0 Å².